The quantitative estimate of drug-likeness (QED) is 0.357. The van der Waals surface area contributed by atoms with Gasteiger partial charge in [-0.1, -0.05) is 6.07 Å². The smallest absolute Gasteiger partial charge is 0.241 e. The number of imidazole rings is 1. The van der Waals surface area contributed by atoms with Gasteiger partial charge in [-0.3, -0.25) is 9.20 Å². The Balaban J connectivity index is 1.61. The van der Waals surface area contributed by atoms with Crippen LogP contribution in [0.5, 0.6) is 0 Å². The first kappa shape index (κ1) is 24.6. The molecule has 5 N–H and O–H groups in total. The Kier molecular flexibility index (Phi) is 6.24. The molecular formula is C26H26F3N7O. The van der Waals surface area contributed by atoms with E-state index in [9.17, 15) is 18.0 Å². The Morgan fingerprint density at radius 1 is 1.14 bits per heavy atom. The predicted octanol–water partition coefficient (Wildman–Crippen LogP) is 3.03. The molecule has 1 atom stereocenters. The molecule has 0 radical (unpaired) electrons. The molecular weight excluding hydrogens is 483 g/mol. The maximum Gasteiger partial charge on any atom is 0.241 e. The zero-order valence-corrected chi connectivity index (χ0v) is 20.1. The third kappa shape index (κ3) is 4.46. The minimum absolute atomic E-state index is 0.0598. The van der Waals surface area contributed by atoms with Crippen LogP contribution in [0.15, 0.2) is 48.9 Å². The molecule has 11 heteroatoms. The number of piperidine rings is 1. The second-order valence-corrected chi connectivity index (χ2v) is 9.28. The van der Waals surface area contributed by atoms with Gasteiger partial charge in [-0.2, -0.15) is 0 Å². The summed E-state index contributed by atoms with van der Waals surface area (Å²) in [6.07, 6.45) is 6.57. The number of hydrogen-bond donors (Lipinski definition) is 3. The summed E-state index contributed by atoms with van der Waals surface area (Å²) in [6.45, 7) is 0.939. The lowest BCUT2D eigenvalue weighted by molar-refractivity contribution is -0.126. The molecule has 0 aliphatic carbocycles. The molecule has 2 aromatic heterocycles. The van der Waals surface area contributed by atoms with E-state index in [0.29, 0.717) is 43.1 Å². The lowest BCUT2D eigenvalue weighted by Gasteiger charge is -2.40. The van der Waals surface area contributed by atoms with Crippen molar-refractivity contribution in [3.63, 3.8) is 0 Å². The third-order valence-corrected chi connectivity index (χ3v) is 6.85. The summed E-state index contributed by atoms with van der Waals surface area (Å²) in [5.74, 6) is -3.23. The molecule has 8 nitrogen and oxygen atoms in total. The van der Waals surface area contributed by atoms with Crippen molar-refractivity contribution >= 4 is 23.1 Å². The first-order valence-corrected chi connectivity index (χ1v) is 11.8. The van der Waals surface area contributed by atoms with E-state index in [2.05, 4.69) is 15.3 Å². The summed E-state index contributed by atoms with van der Waals surface area (Å²) in [6, 6.07) is 6.57. The van der Waals surface area contributed by atoms with Crippen LogP contribution in [-0.2, 0) is 11.2 Å². The van der Waals surface area contributed by atoms with Gasteiger partial charge in [0.1, 0.15) is 11.4 Å². The molecule has 1 fully saturated rings. The highest BCUT2D eigenvalue weighted by molar-refractivity contribution is 5.87. The highest BCUT2D eigenvalue weighted by Gasteiger charge is 2.38. The van der Waals surface area contributed by atoms with Gasteiger partial charge in [-0.05, 0) is 42.2 Å². The Morgan fingerprint density at radius 2 is 1.92 bits per heavy atom. The molecule has 5 rings (SSSR count). The molecule has 3 heterocycles. The van der Waals surface area contributed by atoms with Crippen molar-refractivity contribution in [2.45, 2.75) is 24.8 Å². The molecule has 1 saturated heterocycles. The summed E-state index contributed by atoms with van der Waals surface area (Å²) >= 11 is 0. The number of amides is 1. The van der Waals surface area contributed by atoms with E-state index in [-0.39, 0.29) is 23.8 Å². The van der Waals surface area contributed by atoms with E-state index < -0.39 is 23.0 Å². The molecule has 0 saturated carbocycles. The minimum Gasteiger partial charge on any atom is -0.381 e. The zero-order valence-electron chi connectivity index (χ0n) is 20.1. The van der Waals surface area contributed by atoms with Gasteiger partial charge >= 0.3 is 0 Å². The van der Waals surface area contributed by atoms with E-state index in [0.717, 1.165) is 23.0 Å². The zero-order chi connectivity index (χ0) is 26.3. The van der Waals surface area contributed by atoms with E-state index in [1.54, 1.807) is 43.8 Å². The Labute approximate surface area is 211 Å². The normalized spacial score (nSPS) is 17.8. The number of anilines is 2. The van der Waals surface area contributed by atoms with Crippen LogP contribution in [0.3, 0.4) is 0 Å². The Morgan fingerprint density at radius 3 is 2.70 bits per heavy atom. The van der Waals surface area contributed by atoms with Crippen molar-refractivity contribution in [3.05, 3.63) is 77.6 Å². The van der Waals surface area contributed by atoms with Gasteiger partial charge in [0, 0.05) is 68.2 Å². The number of carbonyl (C=O) groups excluding carboxylic acids is 1. The topological polar surface area (TPSA) is 115 Å². The first-order valence-electron chi connectivity index (χ1n) is 11.8. The highest BCUT2D eigenvalue weighted by Crippen LogP contribution is 2.34. The van der Waals surface area contributed by atoms with E-state index in [4.69, 9.17) is 11.5 Å². The van der Waals surface area contributed by atoms with Crippen LogP contribution in [0, 0.1) is 17.5 Å². The number of aromatic nitrogens is 3. The lowest BCUT2D eigenvalue weighted by Crippen LogP contribution is -2.62. The number of carbonyl (C=O) groups is 1. The van der Waals surface area contributed by atoms with Crippen LogP contribution in [0.1, 0.15) is 24.1 Å². The van der Waals surface area contributed by atoms with Crippen LogP contribution in [-0.4, -0.2) is 46.0 Å². The molecule has 4 aromatic rings. The number of benzene rings is 2. The van der Waals surface area contributed by atoms with Gasteiger partial charge in [0.15, 0.2) is 23.1 Å². The van der Waals surface area contributed by atoms with Gasteiger partial charge in [-0.15, -0.1) is 0 Å². The van der Waals surface area contributed by atoms with Gasteiger partial charge < -0.3 is 21.7 Å². The highest BCUT2D eigenvalue weighted by atomic mass is 19.2. The SMILES string of the molecule is CNC(=O)C1(N)CCCN(c2ccc(-c3cc(F)c(F)cc3F)cc2Cc2cnc3c(N)nccn23)C1. The molecule has 1 unspecified atom stereocenters. The number of nitrogens with two attached hydrogens (primary N) is 2. The number of fused-ring (bicyclic) bond motifs is 1. The van der Waals surface area contributed by atoms with Crippen molar-refractivity contribution in [3.8, 4) is 11.1 Å². The fourth-order valence-electron chi connectivity index (χ4n) is 4.99. The molecule has 1 amide bonds. The summed E-state index contributed by atoms with van der Waals surface area (Å²) in [4.78, 5) is 23.0. The van der Waals surface area contributed by atoms with E-state index >= 15 is 0 Å². The van der Waals surface area contributed by atoms with Crippen molar-refractivity contribution in [2.75, 3.05) is 30.8 Å². The molecule has 0 bridgehead atoms. The van der Waals surface area contributed by atoms with Crippen LogP contribution >= 0.6 is 0 Å². The molecule has 2 aromatic carbocycles. The van der Waals surface area contributed by atoms with Crippen LogP contribution in [0.25, 0.3) is 16.8 Å². The average molecular weight is 510 g/mol. The van der Waals surface area contributed by atoms with Crippen LogP contribution < -0.4 is 21.7 Å². The summed E-state index contributed by atoms with van der Waals surface area (Å²) in [5, 5.41) is 2.64. The van der Waals surface area contributed by atoms with Gasteiger partial charge in [0.2, 0.25) is 5.91 Å². The largest absolute Gasteiger partial charge is 0.381 e. The fourth-order valence-corrected chi connectivity index (χ4v) is 4.99. The number of halogens is 3. The van der Waals surface area contributed by atoms with Gasteiger partial charge in [0.05, 0.1) is 0 Å². The van der Waals surface area contributed by atoms with E-state index in [1.165, 1.54) is 0 Å². The molecule has 0 spiro atoms. The van der Waals surface area contributed by atoms with Crippen molar-refractivity contribution in [1.29, 1.82) is 0 Å². The van der Waals surface area contributed by atoms with Gasteiger partial charge in [-0.25, -0.2) is 23.1 Å². The fraction of sp³-hybridized carbons (Fsp3) is 0.269. The summed E-state index contributed by atoms with van der Waals surface area (Å²) in [7, 11) is 1.55. The second-order valence-electron chi connectivity index (χ2n) is 9.28. The number of nitrogen functional groups attached to an aromatic ring is 1. The van der Waals surface area contributed by atoms with Crippen molar-refractivity contribution in [1.82, 2.24) is 19.7 Å². The number of nitrogens with zero attached hydrogens (tertiary/aromatic N) is 4. The first-order chi connectivity index (χ1) is 17.7. The summed E-state index contributed by atoms with van der Waals surface area (Å²) < 4.78 is 44.0. The van der Waals surface area contributed by atoms with Crippen molar-refractivity contribution < 1.29 is 18.0 Å². The molecule has 1 aliphatic heterocycles. The monoisotopic (exact) mass is 509 g/mol. The standard InChI is InChI=1S/C26H26F3N7O/c1-32-25(37)26(31)5-2-7-35(14-26)22-4-3-15(18-11-20(28)21(29)12-19(18)27)9-16(22)10-17-13-34-24-23(30)33-6-8-36(17)24/h3-4,6,8-9,11-13H,2,5,7,10,14,31H2,1H3,(H2,30,33)(H,32,37). The van der Waals surface area contributed by atoms with Crippen molar-refractivity contribution in [2.24, 2.45) is 5.73 Å². The predicted molar refractivity (Wildman–Crippen MR) is 134 cm³/mol. The van der Waals surface area contributed by atoms with E-state index in [1.807, 2.05) is 9.30 Å². The maximum atomic E-state index is 14.6. The lowest BCUT2D eigenvalue weighted by atomic mass is 9.88. The minimum atomic E-state index is -1.25. The second kappa shape index (κ2) is 9.40. The van der Waals surface area contributed by atoms with Crippen LogP contribution in [0.4, 0.5) is 24.7 Å². The molecule has 37 heavy (non-hydrogen) atoms. The third-order valence-electron chi connectivity index (χ3n) is 6.85. The maximum absolute atomic E-state index is 14.6. The Hall–Kier alpha value is -4.12. The van der Waals surface area contributed by atoms with Gasteiger partial charge in [0.25, 0.3) is 0 Å². The Bertz CT molecular complexity index is 1510. The molecule has 192 valence electrons. The average Bonchev–Trinajstić information content (AvgIpc) is 3.29. The number of likely N-dealkylation sites (N-methyl/N-ethyl adjacent to an activating group) is 1. The summed E-state index contributed by atoms with van der Waals surface area (Å²) in [5.41, 5.74) is 14.5. The number of hydrogen-bond acceptors (Lipinski definition) is 6. The number of rotatable bonds is 5. The molecule has 1 aliphatic rings. The number of nitrogens with one attached hydrogen (secondary N) is 1. The van der Waals surface area contributed by atoms with Crippen LogP contribution in [0.2, 0.25) is 0 Å².